The molecular formula is C18H22BrN. The van der Waals surface area contributed by atoms with Crippen LogP contribution in [-0.2, 0) is 6.42 Å². The average Bonchev–Trinajstić information content (AvgIpc) is 2.41. The maximum Gasteiger partial charge on any atom is 0.0383 e. The van der Waals surface area contributed by atoms with Crippen molar-refractivity contribution >= 4 is 21.6 Å². The van der Waals surface area contributed by atoms with Crippen molar-refractivity contribution in [3.63, 3.8) is 0 Å². The second-order valence-electron chi connectivity index (χ2n) is 5.53. The lowest BCUT2D eigenvalue weighted by Gasteiger charge is -2.17. The number of aryl methyl sites for hydroxylation is 3. The van der Waals surface area contributed by atoms with E-state index >= 15 is 0 Å². The van der Waals surface area contributed by atoms with Crippen LogP contribution in [0.4, 0.5) is 5.69 Å². The van der Waals surface area contributed by atoms with E-state index in [1.54, 1.807) is 0 Å². The molecule has 2 aromatic rings. The number of rotatable bonds is 5. The third kappa shape index (κ3) is 4.38. The summed E-state index contributed by atoms with van der Waals surface area (Å²) in [6, 6.07) is 15.6. The minimum atomic E-state index is 0.462. The molecule has 0 aromatic heterocycles. The Labute approximate surface area is 130 Å². The molecule has 2 rings (SSSR count). The zero-order valence-electron chi connectivity index (χ0n) is 12.4. The SMILES string of the molecule is Cc1cccc(CCC(C)Nc2cc(Br)ccc2C)c1. The lowest BCUT2D eigenvalue weighted by atomic mass is 10.0. The maximum absolute atomic E-state index is 3.61. The number of anilines is 1. The van der Waals surface area contributed by atoms with Crippen molar-refractivity contribution in [2.45, 2.75) is 39.7 Å². The zero-order chi connectivity index (χ0) is 14.5. The summed E-state index contributed by atoms with van der Waals surface area (Å²) in [5, 5.41) is 3.61. The van der Waals surface area contributed by atoms with E-state index in [9.17, 15) is 0 Å². The highest BCUT2D eigenvalue weighted by Gasteiger charge is 2.05. The summed E-state index contributed by atoms with van der Waals surface area (Å²) in [5.41, 5.74) is 5.27. The number of hydrogen-bond acceptors (Lipinski definition) is 1. The molecule has 20 heavy (non-hydrogen) atoms. The summed E-state index contributed by atoms with van der Waals surface area (Å²) in [7, 11) is 0. The van der Waals surface area contributed by atoms with Gasteiger partial charge in [0.1, 0.15) is 0 Å². The van der Waals surface area contributed by atoms with Gasteiger partial charge in [-0.2, -0.15) is 0 Å². The van der Waals surface area contributed by atoms with Crippen LogP contribution in [0.2, 0.25) is 0 Å². The zero-order valence-corrected chi connectivity index (χ0v) is 14.0. The number of halogens is 1. The van der Waals surface area contributed by atoms with Gasteiger partial charge in [0.25, 0.3) is 0 Å². The van der Waals surface area contributed by atoms with Gasteiger partial charge in [0.15, 0.2) is 0 Å². The number of benzene rings is 2. The predicted molar refractivity (Wildman–Crippen MR) is 91.5 cm³/mol. The molecule has 0 heterocycles. The predicted octanol–water partition coefficient (Wildman–Crippen LogP) is 5.50. The first-order valence-corrected chi connectivity index (χ1v) is 7.92. The molecule has 1 atom stereocenters. The van der Waals surface area contributed by atoms with E-state index in [0.717, 1.165) is 17.3 Å². The molecule has 0 spiro atoms. The van der Waals surface area contributed by atoms with Gasteiger partial charge in [0, 0.05) is 16.2 Å². The van der Waals surface area contributed by atoms with Crippen LogP contribution in [0.5, 0.6) is 0 Å². The molecule has 0 saturated heterocycles. The van der Waals surface area contributed by atoms with Gasteiger partial charge >= 0.3 is 0 Å². The van der Waals surface area contributed by atoms with Gasteiger partial charge in [-0.25, -0.2) is 0 Å². The van der Waals surface area contributed by atoms with Crippen molar-refractivity contribution in [3.05, 3.63) is 63.6 Å². The highest BCUT2D eigenvalue weighted by atomic mass is 79.9. The largest absolute Gasteiger partial charge is 0.382 e. The van der Waals surface area contributed by atoms with Gasteiger partial charge in [0.05, 0.1) is 0 Å². The highest BCUT2D eigenvalue weighted by Crippen LogP contribution is 2.22. The van der Waals surface area contributed by atoms with Gasteiger partial charge < -0.3 is 5.32 Å². The second-order valence-corrected chi connectivity index (χ2v) is 6.45. The van der Waals surface area contributed by atoms with Crippen LogP contribution in [0.3, 0.4) is 0 Å². The van der Waals surface area contributed by atoms with Crippen molar-refractivity contribution in [3.8, 4) is 0 Å². The monoisotopic (exact) mass is 331 g/mol. The molecule has 106 valence electrons. The fourth-order valence-corrected chi connectivity index (χ4v) is 2.70. The first-order chi connectivity index (χ1) is 9.54. The lowest BCUT2D eigenvalue weighted by molar-refractivity contribution is 0.705. The normalized spacial score (nSPS) is 12.2. The van der Waals surface area contributed by atoms with Gasteiger partial charge in [-0.1, -0.05) is 51.8 Å². The molecule has 0 aliphatic carbocycles. The molecule has 0 aliphatic heterocycles. The van der Waals surface area contributed by atoms with Gasteiger partial charge in [-0.05, 0) is 56.9 Å². The molecule has 2 aromatic carbocycles. The Hall–Kier alpha value is -1.28. The van der Waals surface area contributed by atoms with Crippen molar-refractivity contribution < 1.29 is 0 Å². The molecule has 1 nitrogen and oxygen atoms in total. The Bertz CT molecular complexity index is 577. The fourth-order valence-electron chi connectivity index (χ4n) is 2.34. The molecule has 2 heteroatoms. The van der Waals surface area contributed by atoms with E-state index in [1.807, 2.05) is 0 Å². The lowest BCUT2D eigenvalue weighted by Crippen LogP contribution is -2.16. The Kier molecular flexibility index (Phi) is 5.24. The van der Waals surface area contributed by atoms with Crippen LogP contribution in [0, 0.1) is 13.8 Å². The van der Waals surface area contributed by atoms with Crippen molar-refractivity contribution in [1.29, 1.82) is 0 Å². The van der Waals surface area contributed by atoms with E-state index in [4.69, 9.17) is 0 Å². The molecule has 0 aliphatic rings. The highest BCUT2D eigenvalue weighted by molar-refractivity contribution is 9.10. The Morgan fingerprint density at radius 3 is 2.65 bits per heavy atom. The molecule has 0 bridgehead atoms. The quantitative estimate of drug-likeness (QED) is 0.762. The van der Waals surface area contributed by atoms with Crippen LogP contribution in [0.25, 0.3) is 0 Å². The standard InChI is InChI=1S/C18H22BrN/c1-13-5-4-6-16(11-13)9-8-15(3)20-18-12-17(19)10-7-14(18)2/h4-7,10-12,15,20H,8-9H2,1-3H3. The van der Waals surface area contributed by atoms with Gasteiger partial charge in [-0.15, -0.1) is 0 Å². The molecule has 0 saturated carbocycles. The third-order valence-electron chi connectivity index (χ3n) is 3.55. The van der Waals surface area contributed by atoms with Crippen molar-refractivity contribution in [1.82, 2.24) is 0 Å². The Balaban J connectivity index is 1.92. The van der Waals surface area contributed by atoms with E-state index in [-0.39, 0.29) is 0 Å². The maximum atomic E-state index is 3.61. The molecule has 0 amide bonds. The van der Waals surface area contributed by atoms with Crippen LogP contribution in [-0.4, -0.2) is 6.04 Å². The summed E-state index contributed by atoms with van der Waals surface area (Å²) >= 11 is 3.53. The first-order valence-electron chi connectivity index (χ1n) is 7.13. The number of hydrogen-bond donors (Lipinski definition) is 1. The smallest absolute Gasteiger partial charge is 0.0383 e. The summed E-state index contributed by atoms with van der Waals surface area (Å²) in [6.45, 7) is 6.54. The van der Waals surface area contributed by atoms with Crippen molar-refractivity contribution in [2.24, 2.45) is 0 Å². The minimum absolute atomic E-state index is 0.462. The van der Waals surface area contributed by atoms with Crippen LogP contribution in [0.1, 0.15) is 30.0 Å². The van der Waals surface area contributed by atoms with Crippen LogP contribution < -0.4 is 5.32 Å². The summed E-state index contributed by atoms with van der Waals surface area (Å²) < 4.78 is 1.12. The summed E-state index contributed by atoms with van der Waals surface area (Å²) in [5.74, 6) is 0. The first kappa shape index (κ1) is 15.1. The number of nitrogens with one attached hydrogen (secondary N) is 1. The third-order valence-corrected chi connectivity index (χ3v) is 4.04. The van der Waals surface area contributed by atoms with E-state index in [1.165, 1.54) is 22.4 Å². The Morgan fingerprint density at radius 2 is 1.90 bits per heavy atom. The molecule has 0 radical (unpaired) electrons. The van der Waals surface area contributed by atoms with E-state index in [2.05, 4.69) is 84.5 Å². The van der Waals surface area contributed by atoms with Crippen molar-refractivity contribution in [2.75, 3.05) is 5.32 Å². The molecular weight excluding hydrogens is 310 g/mol. The van der Waals surface area contributed by atoms with E-state index in [0.29, 0.717) is 6.04 Å². The van der Waals surface area contributed by atoms with E-state index < -0.39 is 0 Å². The molecule has 1 unspecified atom stereocenters. The minimum Gasteiger partial charge on any atom is -0.382 e. The fraction of sp³-hybridized carbons (Fsp3) is 0.333. The Morgan fingerprint density at radius 1 is 1.10 bits per heavy atom. The van der Waals surface area contributed by atoms with Crippen LogP contribution >= 0.6 is 15.9 Å². The molecule has 0 fully saturated rings. The van der Waals surface area contributed by atoms with Crippen LogP contribution in [0.15, 0.2) is 46.9 Å². The average molecular weight is 332 g/mol. The summed E-state index contributed by atoms with van der Waals surface area (Å²) in [6.07, 6.45) is 2.25. The summed E-state index contributed by atoms with van der Waals surface area (Å²) in [4.78, 5) is 0. The topological polar surface area (TPSA) is 12.0 Å². The second kappa shape index (κ2) is 6.94. The van der Waals surface area contributed by atoms with Gasteiger partial charge in [0.2, 0.25) is 0 Å². The van der Waals surface area contributed by atoms with Gasteiger partial charge in [-0.3, -0.25) is 0 Å². The molecule has 1 N–H and O–H groups in total.